The van der Waals surface area contributed by atoms with Crippen LogP contribution in [0.2, 0.25) is 0 Å². The fourth-order valence-electron chi connectivity index (χ4n) is 5.21. The van der Waals surface area contributed by atoms with E-state index < -0.39 is 55.6 Å². The number of aromatic carboxylic acids is 1. The zero-order valence-corrected chi connectivity index (χ0v) is 46.1. The van der Waals surface area contributed by atoms with Crippen LogP contribution in [0.15, 0.2) is 137 Å². The predicted molar refractivity (Wildman–Crippen MR) is 298 cm³/mol. The summed E-state index contributed by atoms with van der Waals surface area (Å²) in [4.78, 5) is 70.4. The molecule has 0 saturated carbocycles. The van der Waals surface area contributed by atoms with Crippen molar-refractivity contribution >= 4 is 50.0 Å². The molecule has 24 heteroatoms. The van der Waals surface area contributed by atoms with Gasteiger partial charge in [0, 0.05) is 48.8 Å². The molecule has 0 aliphatic rings. The summed E-state index contributed by atoms with van der Waals surface area (Å²) in [7, 11) is 4.69. The molecular formula is C54H76BrCl2NaO19S. The molecule has 3 heterocycles. The summed E-state index contributed by atoms with van der Waals surface area (Å²) >= 11 is 0. The van der Waals surface area contributed by atoms with Gasteiger partial charge in [0.1, 0.15) is 43.7 Å². The normalized spacial score (nSPS) is 8.94. The van der Waals surface area contributed by atoms with Crippen molar-refractivity contribution in [1.29, 1.82) is 0 Å². The Bertz CT molecular complexity index is 2740. The van der Waals surface area contributed by atoms with Crippen LogP contribution in [-0.2, 0) is 57.8 Å². The molecule has 0 unspecified atom stereocenters. The Hall–Kier alpha value is -5.75. The number of rotatable bonds is 15. The molecule has 0 aliphatic carbocycles. The molecule has 0 spiro atoms. The van der Waals surface area contributed by atoms with E-state index in [9.17, 15) is 37.2 Å². The van der Waals surface area contributed by atoms with Gasteiger partial charge in [-0.25, -0.2) is 22.8 Å². The number of aryl methyl sites for hydroxylation is 2. The Balaban J connectivity index is -0.000000140. The number of benzene rings is 3. The maximum atomic E-state index is 12.1. The Labute approximate surface area is 501 Å². The van der Waals surface area contributed by atoms with E-state index in [2.05, 4.69) is 20.2 Å². The number of halogens is 3. The largest absolute Gasteiger partial charge is 1.00 e. The average Bonchev–Trinajstić information content (AvgIpc) is 3.35. The molecule has 3 N–H and O–H groups in total. The van der Waals surface area contributed by atoms with Gasteiger partial charge in [-0.2, -0.15) is 0 Å². The molecule has 19 nitrogen and oxygen atoms in total. The van der Waals surface area contributed by atoms with Gasteiger partial charge in [0.15, 0.2) is 0 Å². The summed E-state index contributed by atoms with van der Waals surface area (Å²) in [6, 6.07) is 31.3. The fourth-order valence-corrected chi connectivity index (χ4v) is 5.21. The molecule has 0 radical (unpaired) electrons. The number of hydrogen-bond acceptors (Lipinski definition) is 18. The van der Waals surface area contributed by atoms with Crippen molar-refractivity contribution in [1.82, 2.24) is 0 Å². The van der Waals surface area contributed by atoms with Crippen LogP contribution in [0.4, 0.5) is 0 Å². The number of hydrogen-bond donors (Lipinski definition) is 3. The summed E-state index contributed by atoms with van der Waals surface area (Å²) in [6.45, 7) is 3.48. The van der Waals surface area contributed by atoms with Gasteiger partial charge in [0.2, 0.25) is 42.6 Å². The molecule has 0 aliphatic heterocycles. The third-order valence-electron chi connectivity index (χ3n) is 8.33. The molecule has 0 saturated heterocycles. The van der Waals surface area contributed by atoms with Crippen molar-refractivity contribution in [2.75, 3.05) is 27.6 Å². The van der Waals surface area contributed by atoms with E-state index in [1.165, 1.54) is 19.2 Å². The zero-order valence-electron chi connectivity index (χ0n) is 40.1. The minimum absolute atomic E-state index is 0. The van der Waals surface area contributed by atoms with E-state index in [4.69, 9.17) is 42.8 Å². The summed E-state index contributed by atoms with van der Waals surface area (Å²) in [6.07, 6.45) is 1.86. The van der Waals surface area contributed by atoms with Crippen molar-refractivity contribution in [2.24, 2.45) is 0 Å². The molecule has 6 aromatic rings. The molecule has 0 amide bonds. The van der Waals surface area contributed by atoms with Gasteiger partial charge in [-0.05, 0) is 16.7 Å². The van der Waals surface area contributed by atoms with E-state index in [1.807, 2.05) is 97.9 Å². The van der Waals surface area contributed by atoms with Crippen LogP contribution in [-0.4, -0.2) is 69.2 Å². The minimum Gasteiger partial charge on any atom is -1.00 e. The summed E-state index contributed by atoms with van der Waals surface area (Å²) in [5.41, 5.74) is 1.12. The number of carboxylic acid groups (broad SMARTS) is 1. The predicted octanol–water partition coefficient (Wildman–Crippen LogP) is 4.58. The first-order chi connectivity index (χ1) is 32.9. The first kappa shape index (κ1) is 88.9. The number of carbonyl (C=O) groups is 3. The monoisotopic (exact) mass is 1230 g/mol. The van der Waals surface area contributed by atoms with E-state index in [-0.39, 0.29) is 158 Å². The molecule has 0 fully saturated rings. The number of carboxylic acids is 1. The Morgan fingerprint density at radius 2 is 0.782 bits per heavy atom. The Kier molecular flexibility index (Phi) is 53.8. The molecule has 0 bridgehead atoms. The number of carbonyl (C=O) groups excluding carboxylic acids is 2. The number of aliphatic hydroxyl groups excluding tert-OH is 2. The summed E-state index contributed by atoms with van der Waals surface area (Å²) in [5, 5.41) is 25.1. The average molecular weight is 1240 g/mol. The van der Waals surface area contributed by atoms with Gasteiger partial charge in [0.25, 0.3) is 17.3 Å². The number of esters is 2. The SMILES string of the molecule is C.C.C.C.C.C.CCc1cc(=O)c(OCc2ccccc2)c(C(=O)O)o1.CCc1cc(=O)c(OCc2ccccc2)c(C(=O)OC)o1.CO.COC(=O)c1oc(CO)cc(=O)c1OCc1ccccc1.CS(=O)(=O)Cl.Cl.[Br-].[Na+]. The van der Waals surface area contributed by atoms with Crippen molar-refractivity contribution in [3.63, 3.8) is 0 Å². The van der Waals surface area contributed by atoms with E-state index in [0.29, 0.717) is 24.4 Å². The maximum Gasteiger partial charge on any atom is 1.00 e. The quantitative estimate of drug-likeness (QED) is 0.0720. The van der Waals surface area contributed by atoms with Crippen molar-refractivity contribution in [3.05, 3.63) is 191 Å². The molecule has 434 valence electrons. The Morgan fingerprint density at radius 1 is 0.538 bits per heavy atom. The van der Waals surface area contributed by atoms with Crippen LogP contribution in [0.25, 0.3) is 0 Å². The second kappa shape index (κ2) is 47.3. The second-order valence-electron chi connectivity index (χ2n) is 13.4. The topological polar surface area (TPSA) is 283 Å². The fraction of sp³-hybridized carbons (Fsp3) is 0.333. The maximum absolute atomic E-state index is 12.1. The first-order valence-corrected chi connectivity index (χ1v) is 23.0. The van der Waals surface area contributed by atoms with E-state index in [0.717, 1.165) is 43.2 Å². The molecule has 3 aromatic carbocycles. The van der Waals surface area contributed by atoms with Crippen molar-refractivity contribution < 1.29 is 122 Å². The van der Waals surface area contributed by atoms with Gasteiger partial charge >= 0.3 is 47.5 Å². The third kappa shape index (κ3) is 31.6. The van der Waals surface area contributed by atoms with Gasteiger partial charge < -0.3 is 69.2 Å². The van der Waals surface area contributed by atoms with E-state index >= 15 is 0 Å². The van der Waals surface area contributed by atoms with Crippen LogP contribution < -0.4 is 77.0 Å². The smallest absolute Gasteiger partial charge is 1.00 e. The number of ether oxygens (including phenoxy) is 5. The van der Waals surface area contributed by atoms with Gasteiger partial charge in [0.05, 0.1) is 20.5 Å². The van der Waals surface area contributed by atoms with Crippen LogP contribution in [0.3, 0.4) is 0 Å². The number of aliphatic hydroxyl groups is 2. The minimum atomic E-state index is -3.19. The number of methoxy groups -OCH3 is 2. The second-order valence-corrected chi connectivity index (χ2v) is 16.4. The van der Waals surface area contributed by atoms with Gasteiger partial charge in [-0.15, -0.1) is 12.4 Å². The van der Waals surface area contributed by atoms with Crippen LogP contribution in [0, 0.1) is 0 Å². The molecule has 6 rings (SSSR count). The standard InChI is InChI=1S/C16H16O5.C15H14O6.C15H14O5.CH3ClO2S.CH4O.6CH4.BrH.ClH.Na/c1-3-12-9-13(17)14(15(21-12)16(18)19-2)20-10-11-7-5-4-6-8-11;1-19-15(18)14-13(12(17)7-11(8-16)21-14)20-9-10-5-3-2-4-6-10;1-2-11-8-12(16)13(14(20-11)15(17)18)19-9-10-6-4-3-5-7-10;1-5(2,3)4;1-2;;;;;;;;;/h4-9H,3,10H2,1-2H3;2-7,16H,8-9H2,1H3;3-8H,2,9H2,1H3,(H,17,18);1H3;2H,1H3;6*1H4;2*1H;/q;;;;;;;;;;;;;+1/p-1. The van der Waals surface area contributed by atoms with Crippen LogP contribution >= 0.6 is 23.1 Å². The third-order valence-corrected chi connectivity index (χ3v) is 8.33. The van der Waals surface area contributed by atoms with Gasteiger partial charge in [-0.1, -0.05) is 149 Å². The van der Waals surface area contributed by atoms with Crippen LogP contribution in [0.1, 0.15) is 124 Å². The van der Waals surface area contributed by atoms with Crippen LogP contribution in [0.5, 0.6) is 17.2 Å². The summed E-state index contributed by atoms with van der Waals surface area (Å²) in [5.74, 6) is -3.83. The first-order valence-electron chi connectivity index (χ1n) is 20.3. The molecule has 78 heavy (non-hydrogen) atoms. The van der Waals surface area contributed by atoms with E-state index in [1.54, 1.807) is 6.92 Å². The molecule has 3 aromatic heterocycles. The zero-order chi connectivity index (χ0) is 51.5. The van der Waals surface area contributed by atoms with Crippen molar-refractivity contribution in [2.45, 2.75) is 97.7 Å². The van der Waals surface area contributed by atoms with Crippen molar-refractivity contribution in [3.8, 4) is 17.2 Å². The molecule has 0 atom stereocenters. The summed E-state index contributed by atoms with van der Waals surface area (Å²) < 4.78 is 59.8. The van der Waals surface area contributed by atoms with Gasteiger partial charge in [-0.3, -0.25) is 14.4 Å². The molecular weight excluding hydrogens is 1160 g/mol. The Morgan fingerprint density at radius 3 is 1.03 bits per heavy atom.